The van der Waals surface area contributed by atoms with Crippen LogP contribution in [0.25, 0.3) is 21.3 Å². The van der Waals surface area contributed by atoms with E-state index in [0.717, 1.165) is 78.0 Å². The topological polar surface area (TPSA) is 89.0 Å². The molecular weight excluding hydrogens is 454 g/mol. The Morgan fingerprint density at radius 2 is 2.11 bits per heavy atom. The summed E-state index contributed by atoms with van der Waals surface area (Å²) in [6.07, 6.45) is 10.5. The van der Waals surface area contributed by atoms with E-state index in [-0.39, 0.29) is 6.61 Å². The molecule has 3 aromatic heterocycles. The molecule has 0 fully saturated rings. The van der Waals surface area contributed by atoms with Gasteiger partial charge < -0.3 is 20.7 Å². The second-order valence-corrected chi connectivity index (χ2v) is 10.2. The van der Waals surface area contributed by atoms with E-state index in [4.69, 9.17) is 10.7 Å². The molecule has 0 spiro atoms. The molecule has 1 aliphatic carbocycles. The van der Waals surface area contributed by atoms with Crippen LogP contribution in [0, 0.1) is 5.92 Å². The molecule has 1 aliphatic rings. The summed E-state index contributed by atoms with van der Waals surface area (Å²) in [6.45, 7) is 4.85. The molecule has 0 bridgehead atoms. The largest absolute Gasteiger partial charge is 0.392 e. The number of benzene rings is 1. The maximum Gasteiger partial charge on any atom is 0.152 e. The molecule has 3 heterocycles. The molecule has 1 atom stereocenters. The number of nitrogen functional groups attached to an aromatic ring is 1. The molecule has 0 saturated heterocycles. The van der Waals surface area contributed by atoms with E-state index in [1.165, 1.54) is 11.1 Å². The van der Waals surface area contributed by atoms with Crippen molar-refractivity contribution in [2.45, 2.75) is 45.7 Å². The number of nitrogens with one attached hydrogen (secondary N) is 1. The number of hydrogen-bond acceptors (Lipinski definition) is 6. The van der Waals surface area contributed by atoms with Crippen LogP contribution >= 0.6 is 11.3 Å². The molecule has 4 N–H and O–H groups in total. The number of imidazole rings is 1. The number of aryl methyl sites for hydroxylation is 1. The summed E-state index contributed by atoms with van der Waals surface area (Å²) in [6, 6.07) is 10.8. The van der Waals surface area contributed by atoms with Crippen molar-refractivity contribution in [1.82, 2.24) is 19.9 Å². The van der Waals surface area contributed by atoms with E-state index >= 15 is 0 Å². The van der Waals surface area contributed by atoms with Crippen molar-refractivity contribution in [2.75, 3.05) is 18.9 Å². The van der Waals surface area contributed by atoms with Gasteiger partial charge in [0.2, 0.25) is 0 Å². The lowest BCUT2D eigenvalue weighted by molar-refractivity contribution is 0.333. The number of hydrogen-bond donors (Lipinski definition) is 3. The van der Waals surface area contributed by atoms with E-state index < -0.39 is 0 Å². The van der Waals surface area contributed by atoms with Crippen LogP contribution in [-0.2, 0) is 19.5 Å². The van der Waals surface area contributed by atoms with Crippen LogP contribution in [0.5, 0.6) is 0 Å². The lowest BCUT2D eigenvalue weighted by Crippen LogP contribution is -2.22. The van der Waals surface area contributed by atoms with E-state index in [2.05, 4.69) is 63.6 Å². The molecule has 1 aromatic carbocycles. The Kier molecular flexibility index (Phi) is 7.27. The van der Waals surface area contributed by atoms with Crippen molar-refractivity contribution in [3.8, 4) is 0 Å². The van der Waals surface area contributed by atoms with Gasteiger partial charge in [-0.1, -0.05) is 55.8 Å². The van der Waals surface area contributed by atoms with Gasteiger partial charge in [-0.15, -0.1) is 11.3 Å². The van der Waals surface area contributed by atoms with Gasteiger partial charge in [-0.2, -0.15) is 0 Å². The van der Waals surface area contributed by atoms with Crippen molar-refractivity contribution in [3.05, 3.63) is 76.5 Å². The van der Waals surface area contributed by atoms with Crippen LogP contribution in [0.3, 0.4) is 0 Å². The van der Waals surface area contributed by atoms with Crippen molar-refractivity contribution in [1.29, 1.82) is 0 Å². The van der Waals surface area contributed by atoms with E-state index in [1.54, 1.807) is 11.3 Å². The monoisotopic (exact) mass is 487 g/mol. The van der Waals surface area contributed by atoms with Gasteiger partial charge in [0.1, 0.15) is 11.3 Å². The molecule has 0 saturated carbocycles. The summed E-state index contributed by atoms with van der Waals surface area (Å²) in [5.41, 5.74) is 12.7. The Morgan fingerprint density at radius 1 is 1.23 bits per heavy atom. The predicted octanol–water partition coefficient (Wildman–Crippen LogP) is 5.20. The number of nitrogens with zero attached hydrogens (tertiary/aromatic N) is 3. The molecular formula is C28H33N5OS. The van der Waals surface area contributed by atoms with Gasteiger partial charge in [0, 0.05) is 26.1 Å². The standard InChI is InChI=1S/C28H33N5OS/c1-2-3-7-24-32-25-26(27-23(12-13-35-27)31-28(25)29)33(24)17-22-6-4-5-21(14-22)16-30-15-19-8-10-20(18-34)11-9-19/h4-6,8,10-14,19,30,34H,2-3,7,9,15-18H2,1H3,(H2,29,31). The van der Waals surface area contributed by atoms with Gasteiger partial charge in [0.15, 0.2) is 5.82 Å². The second kappa shape index (κ2) is 10.7. The minimum absolute atomic E-state index is 0.122. The average molecular weight is 488 g/mol. The quantitative estimate of drug-likeness (QED) is 0.286. The van der Waals surface area contributed by atoms with Crippen LogP contribution in [-0.4, -0.2) is 32.8 Å². The number of rotatable bonds is 10. The Bertz CT molecular complexity index is 1380. The maximum absolute atomic E-state index is 9.24. The molecule has 5 rings (SSSR count). The number of anilines is 1. The number of fused-ring (bicyclic) bond motifs is 3. The fourth-order valence-electron chi connectivity index (χ4n) is 4.75. The molecule has 0 radical (unpaired) electrons. The summed E-state index contributed by atoms with van der Waals surface area (Å²) < 4.78 is 3.51. The first kappa shape index (κ1) is 23.7. The highest BCUT2D eigenvalue weighted by atomic mass is 32.1. The predicted molar refractivity (Wildman–Crippen MR) is 146 cm³/mol. The highest BCUT2D eigenvalue weighted by Crippen LogP contribution is 2.33. The molecule has 4 aromatic rings. The number of aliphatic hydroxyl groups is 1. The molecule has 0 amide bonds. The second-order valence-electron chi connectivity index (χ2n) is 9.29. The zero-order valence-corrected chi connectivity index (χ0v) is 21.0. The first-order chi connectivity index (χ1) is 17.2. The fourth-order valence-corrected chi connectivity index (χ4v) is 5.64. The highest BCUT2D eigenvalue weighted by Gasteiger charge is 2.18. The van der Waals surface area contributed by atoms with Crippen molar-refractivity contribution in [2.24, 2.45) is 5.92 Å². The van der Waals surface area contributed by atoms with Crippen LogP contribution < -0.4 is 11.1 Å². The molecule has 1 unspecified atom stereocenters. The minimum atomic E-state index is 0.122. The average Bonchev–Trinajstić information content (AvgIpc) is 3.48. The Hall–Kier alpha value is -3.00. The lowest BCUT2D eigenvalue weighted by Gasteiger charge is -2.16. The fraction of sp³-hybridized carbons (Fsp3) is 0.357. The van der Waals surface area contributed by atoms with E-state index in [9.17, 15) is 5.11 Å². The highest BCUT2D eigenvalue weighted by molar-refractivity contribution is 7.18. The molecule has 0 aliphatic heterocycles. The zero-order valence-electron chi connectivity index (χ0n) is 20.2. The number of thiophene rings is 1. The first-order valence-electron chi connectivity index (χ1n) is 12.4. The number of unbranched alkanes of at least 4 members (excludes halogenated alkanes) is 1. The third kappa shape index (κ3) is 5.17. The zero-order chi connectivity index (χ0) is 24.2. The maximum atomic E-state index is 9.24. The van der Waals surface area contributed by atoms with Crippen LogP contribution in [0.4, 0.5) is 5.82 Å². The van der Waals surface area contributed by atoms with E-state index in [1.807, 2.05) is 12.1 Å². The van der Waals surface area contributed by atoms with Gasteiger partial charge in [-0.3, -0.25) is 0 Å². The number of nitrogens with two attached hydrogens (primary N) is 1. The Labute approximate surface area is 210 Å². The van der Waals surface area contributed by atoms with Gasteiger partial charge in [0.05, 0.1) is 22.3 Å². The molecule has 35 heavy (non-hydrogen) atoms. The number of pyridine rings is 1. The van der Waals surface area contributed by atoms with Crippen LogP contribution in [0.1, 0.15) is 43.1 Å². The summed E-state index contributed by atoms with van der Waals surface area (Å²) in [5.74, 6) is 2.07. The normalized spacial score (nSPS) is 15.8. The number of aliphatic hydroxyl groups excluding tert-OH is 1. The van der Waals surface area contributed by atoms with Gasteiger partial charge >= 0.3 is 0 Å². The lowest BCUT2D eigenvalue weighted by atomic mass is 9.97. The summed E-state index contributed by atoms with van der Waals surface area (Å²) in [7, 11) is 0. The number of aromatic nitrogens is 3. The van der Waals surface area contributed by atoms with Crippen LogP contribution in [0.15, 0.2) is 59.5 Å². The summed E-state index contributed by atoms with van der Waals surface area (Å²) in [4.78, 5) is 9.54. The third-order valence-electron chi connectivity index (χ3n) is 6.66. The molecule has 6 nitrogen and oxygen atoms in total. The SMILES string of the molecule is CCCCc1nc2c(N)nc3ccsc3c2n1Cc1cccc(CNCC2C=CC(CO)=CC2)c1. The number of allylic oxidation sites excluding steroid dienone is 1. The smallest absolute Gasteiger partial charge is 0.152 e. The first-order valence-corrected chi connectivity index (χ1v) is 13.3. The van der Waals surface area contributed by atoms with Crippen molar-refractivity contribution < 1.29 is 5.11 Å². The summed E-state index contributed by atoms with van der Waals surface area (Å²) in [5, 5.41) is 14.9. The van der Waals surface area contributed by atoms with Crippen molar-refractivity contribution >= 4 is 38.4 Å². The van der Waals surface area contributed by atoms with E-state index in [0.29, 0.717) is 11.7 Å². The van der Waals surface area contributed by atoms with Crippen LogP contribution in [0.2, 0.25) is 0 Å². The van der Waals surface area contributed by atoms with Gasteiger partial charge in [-0.25, -0.2) is 9.97 Å². The van der Waals surface area contributed by atoms with Gasteiger partial charge in [-0.05, 0) is 46.9 Å². The molecule has 182 valence electrons. The third-order valence-corrected chi connectivity index (χ3v) is 7.57. The van der Waals surface area contributed by atoms with Gasteiger partial charge in [0.25, 0.3) is 0 Å². The van der Waals surface area contributed by atoms with Crippen molar-refractivity contribution in [3.63, 3.8) is 0 Å². The minimum Gasteiger partial charge on any atom is -0.392 e. The molecule has 7 heteroatoms. The Morgan fingerprint density at radius 3 is 2.91 bits per heavy atom. The Balaban J connectivity index is 1.36. The summed E-state index contributed by atoms with van der Waals surface area (Å²) >= 11 is 1.70.